The van der Waals surface area contributed by atoms with Crippen LogP contribution in [0, 0.1) is 47.3 Å². The molecule has 28 rings (SSSR count). The van der Waals surface area contributed by atoms with Gasteiger partial charge in [0.25, 0.3) is 0 Å². The van der Waals surface area contributed by atoms with Crippen molar-refractivity contribution in [2.45, 2.75) is 94.6 Å². The molecule has 12 aliphatic rings. The molecule has 10 aliphatic carbocycles. The topological polar surface area (TPSA) is 24.9 Å². The van der Waals surface area contributed by atoms with Crippen LogP contribution in [0.4, 0.5) is 34.1 Å². The highest BCUT2D eigenvalue weighted by atomic mass is 32.2. The van der Waals surface area contributed by atoms with E-state index in [1.54, 1.807) is 22.3 Å². The fraction of sp³-hybridized carbons (Fsp3) is 0.172. The average Bonchev–Trinajstić information content (AvgIpc) is 1.50. The largest absolute Gasteiger partial charge is 0.449 e. The highest BCUT2D eigenvalue weighted by Crippen LogP contribution is 2.73. The van der Waals surface area contributed by atoms with Gasteiger partial charge in [-0.15, -0.1) is 0 Å². The summed E-state index contributed by atoms with van der Waals surface area (Å²) >= 11 is 3.85. The molecular weight excluding hydrogens is 1520 g/mol. The maximum Gasteiger partial charge on any atom is 0.172 e. The minimum absolute atomic E-state index is 0.0851. The first-order valence-corrected chi connectivity index (χ1v) is 46.0. The molecule has 2 heterocycles. The Bertz CT molecular complexity index is 6130. The molecule has 0 atom stereocenters. The first-order chi connectivity index (χ1) is 60.3. The van der Waals surface area contributed by atoms with Gasteiger partial charge in [-0.05, 0) is 326 Å². The number of rotatable bonds is 12. The van der Waals surface area contributed by atoms with E-state index in [4.69, 9.17) is 9.47 Å². The van der Waals surface area contributed by atoms with Crippen LogP contribution >= 0.6 is 23.5 Å². The van der Waals surface area contributed by atoms with E-state index in [9.17, 15) is 0 Å². The second-order valence-electron chi connectivity index (χ2n) is 36.2. The van der Waals surface area contributed by atoms with Gasteiger partial charge in [-0.25, -0.2) is 0 Å². The lowest BCUT2D eigenvalue weighted by molar-refractivity contribution is -0.0397. The molecule has 0 unspecified atom stereocenters. The highest BCUT2D eigenvalue weighted by molar-refractivity contribution is 8.05. The second-order valence-corrected chi connectivity index (χ2v) is 38.4. The predicted molar refractivity (Wildman–Crippen MR) is 503 cm³/mol. The summed E-state index contributed by atoms with van der Waals surface area (Å²) in [4.78, 5) is 10.0. The lowest BCUT2D eigenvalue weighted by atomic mass is 9.42. The lowest BCUT2D eigenvalue weighted by Gasteiger charge is -2.61. The highest BCUT2D eigenvalue weighted by Gasteiger charge is 2.64. The van der Waals surface area contributed by atoms with Crippen LogP contribution in [0.2, 0.25) is 0 Å². The van der Waals surface area contributed by atoms with Gasteiger partial charge in [-0.1, -0.05) is 290 Å². The molecule has 8 bridgehead atoms. The Morgan fingerprint density at radius 3 is 0.902 bits per heavy atom. The van der Waals surface area contributed by atoms with E-state index in [1.165, 1.54) is 173 Å². The van der Waals surface area contributed by atoms with E-state index in [0.717, 1.165) is 86.9 Å². The van der Waals surface area contributed by atoms with Gasteiger partial charge in [0, 0.05) is 64.9 Å². The van der Waals surface area contributed by atoms with Crippen molar-refractivity contribution in [2.75, 3.05) is 9.80 Å². The first-order valence-electron chi connectivity index (χ1n) is 44.3. The maximum atomic E-state index is 6.78. The molecule has 0 radical (unpaired) electrons. The van der Waals surface area contributed by atoms with Gasteiger partial charge in [0.1, 0.15) is 0 Å². The molecule has 6 heteroatoms. The van der Waals surface area contributed by atoms with Crippen LogP contribution in [0.15, 0.2) is 396 Å². The van der Waals surface area contributed by atoms with E-state index in [1.807, 2.05) is 23.5 Å². The van der Waals surface area contributed by atoms with Crippen molar-refractivity contribution in [2.24, 2.45) is 47.3 Å². The Hall–Kier alpha value is -12.6. The summed E-state index contributed by atoms with van der Waals surface area (Å²) in [6, 6.07) is 138. The number of hydrogen-bond acceptors (Lipinski definition) is 6. The summed E-state index contributed by atoms with van der Waals surface area (Å²) in [7, 11) is 0. The van der Waals surface area contributed by atoms with Crippen LogP contribution in [-0.4, -0.2) is 0 Å². The van der Waals surface area contributed by atoms with Crippen molar-refractivity contribution in [1.82, 2.24) is 0 Å². The lowest BCUT2D eigenvalue weighted by Crippen LogP contribution is -2.55. The summed E-state index contributed by atoms with van der Waals surface area (Å²) in [5.74, 6) is 9.49. The molecule has 0 amide bonds. The van der Waals surface area contributed by atoms with Crippen molar-refractivity contribution in [3.63, 3.8) is 0 Å². The molecule has 8 saturated carbocycles. The molecule has 588 valence electrons. The number of fused-ring (bicyclic) bond motifs is 10. The molecule has 0 aromatic heterocycles. The molecule has 4 nitrogen and oxygen atoms in total. The molecule has 0 N–H and O–H groups in total. The Balaban J connectivity index is 0.000000134. The monoisotopic (exact) mass is 1610 g/mol. The summed E-state index contributed by atoms with van der Waals surface area (Å²) in [6.45, 7) is 0. The SMILES string of the molecule is c1ccc(-c2ccc(N(c3ccc(-c4ccccc4)cc3)c3ccc4c(c3)Oc3ccc(-c5cccc6c5C5(c7ccccc7-6)C6CC7CC(C6)CC5C7)cc3O4)cc2)cc1.c1ccc(-c2ccc(N(c3ccc(-c4ccccc4)cc3)c3ccc4c(c3)Sc3ccc(-c5cccc6c5C5(c7ccccc7-6)C6CC7CC(C6)CC5C7)cc3S4)cc2)cc1. The zero-order valence-electron chi connectivity index (χ0n) is 68.0. The third-order valence-electron chi connectivity index (χ3n) is 29.8. The standard InChI is InChI=1S/C58H45NO2.C58H45NS2/c2*1-3-10-39(11-4-1)41-18-23-46(24-19-41)59(47-25-20-42(21-26-47)40-12-5-2-6-13-40)48-27-29-54-56(36-48)61-53-28-22-43(35-55(53)60-54)49-15-9-16-51-50-14-7-8-17-52(50)58(57(49)51)44-31-37-30-38(33-44)34-45(58)32-37/h2*1-29,35-38,44-45H,30-34H2. The van der Waals surface area contributed by atoms with Gasteiger partial charge in [-0.3, -0.25) is 0 Å². The van der Waals surface area contributed by atoms with Crippen LogP contribution in [0.3, 0.4) is 0 Å². The van der Waals surface area contributed by atoms with E-state index < -0.39 is 0 Å². The number of ether oxygens (including phenoxy) is 2. The fourth-order valence-corrected chi connectivity index (χ4v) is 27.6. The molecule has 16 aromatic carbocycles. The molecule has 122 heavy (non-hydrogen) atoms. The van der Waals surface area contributed by atoms with Crippen LogP contribution in [0.25, 0.3) is 89.0 Å². The van der Waals surface area contributed by atoms with Crippen LogP contribution < -0.4 is 19.3 Å². The summed E-state index contributed by atoms with van der Waals surface area (Å²) in [5.41, 5.74) is 34.1. The predicted octanol–water partition coefficient (Wildman–Crippen LogP) is 32.3. The Morgan fingerprint density at radius 1 is 0.205 bits per heavy atom. The minimum atomic E-state index is 0.0851. The molecule has 0 saturated heterocycles. The first kappa shape index (κ1) is 72.3. The summed E-state index contributed by atoms with van der Waals surface area (Å²) in [6.07, 6.45) is 14.0. The third kappa shape index (κ3) is 11.8. The minimum Gasteiger partial charge on any atom is -0.449 e. The number of nitrogens with zero attached hydrogens (tertiary/aromatic N) is 2. The van der Waals surface area contributed by atoms with E-state index in [-0.39, 0.29) is 10.8 Å². The Kier molecular flexibility index (Phi) is 17.2. The Labute approximate surface area is 724 Å². The summed E-state index contributed by atoms with van der Waals surface area (Å²) in [5, 5.41) is 0. The van der Waals surface area contributed by atoms with E-state index in [2.05, 4.69) is 386 Å². The van der Waals surface area contributed by atoms with Gasteiger partial charge in [0.2, 0.25) is 0 Å². The van der Waals surface area contributed by atoms with Crippen molar-refractivity contribution in [3.05, 3.63) is 398 Å². The molecule has 2 aliphatic heterocycles. The molecule has 2 spiro atoms. The zero-order chi connectivity index (χ0) is 80.1. The van der Waals surface area contributed by atoms with Gasteiger partial charge < -0.3 is 19.3 Å². The zero-order valence-corrected chi connectivity index (χ0v) is 69.6. The van der Waals surface area contributed by atoms with Crippen LogP contribution in [-0.2, 0) is 10.8 Å². The fourth-order valence-electron chi connectivity index (χ4n) is 25.3. The maximum absolute atomic E-state index is 6.78. The summed E-state index contributed by atoms with van der Waals surface area (Å²) < 4.78 is 13.5. The smallest absolute Gasteiger partial charge is 0.172 e. The number of anilines is 6. The van der Waals surface area contributed by atoms with Crippen molar-refractivity contribution >= 4 is 57.6 Å². The van der Waals surface area contributed by atoms with Crippen LogP contribution in [0.5, 0.6) is 23.0 Å². The molecule has 16 aromatic rings. The van der Waals surface area contributed by atoms with E-state index in [0.29, 0.717) is 17.6 Å². The van der Waals surface area contributed by atoms with Gasteiger partial charge in [0.05, 0.1) is 5.69 Å². The quantitative estimate of drug-likeness (QED) is 0.121. The second kappa shape index (κ2) is 29.1. The van der Waals surface area contributed by atoms with Crippen LogP contribution in [0.1, 0.15) is 86.5 Å². The van der Waals surface area contributed by atoms with Gasteiger partial charge in [0.15, 0.2) is 23.0 Å². The Morgan fingerprint density at radius 2 is 0.492 bits per heavy atom. The average molecular weight is 1610 g/mol. The van der Waals surface area contributed by atoms with Crippen molar-refractivity contribution < 1.29 is 9.47 Å². The number of benzene rings is 16. The van der Waals surface area contributed by atoms with Crippen molar-refractivity contribution in [3.8, 4) is 112 Å². The van der Waals surface area contributed by atoms with E-state index >= 15 is 0 Å². The third-order valence-corrected chi connectivity index (χ3v) is 32.4. The number of hydrogen-bond donors (Lipinski definition) is 0. The molecule has 8 fully saturated rings. The van der Waals surface area contributed by atoms with Gasteiger partial charge >= 0.3 is 0 Å². The van der Waals surface area contributed by atoms with Crippen molar-refractivity contribution in [1.29, 1.82) is 0 Å². The normalized spacial score (nSPS) is 22.2. The molecular formula is C116H90N2O2S2. The van der Waals surface area contributed by atoms with Gasteiger partial charge in [-0.2, -0.15) is 0 Å².